The van der Waals surface area contributed by atoms with Gasteiger partial charge < -0.3 is 9.84 Å². The topological polar surface area (TPSA) is 110 Å². The van der Waals surface area contributed by atoms with Gasteiger partial charge in [0, 0.05) is 36.6 Å². The van der Waals surface area contributed by atoms with Gasteiger partial charge in [-0.2, -0.15) is 18.3 Å². The Labute approximate surface area is 195 Å². The van der Waals surface area contributed by atoms with Crippen LogP contribution < -0.4 is 5.32 Å². The summed E-state index contributed by atoms with van der Waals surface area (Å²) in [7, 11) is 0. The van der Waals surface area contributed by atoms with Crippen molar-refractivity contribution in [3.8, 4) is 11.1 Å². The molecule has 0 unspecified atom stereocenters. The lowest BCUT2D eigenvalue weighted by Crippen LogP contribution is -2.28. The maximum atomic E-state index is 14.7. The van der Waals surface area contributed by atoms with Crippen LogP contribution in [0.3, 0.4) is 0 Å². The van der Waals surface area contributed by atoms with Gasteiger partial charge in [-0.15, -0.1) is 0 Å². The van der Waals surface area contributed by atoms with Crippen molar-refractivity contribution in [3.63, 3.8) is 0 Å². The first-order valence-electron chi connectivity index (χ1n) is 10.6. The molecule has 0 saturated heterocycles. The molecule has 35 heavy (non-hydrogen) atoms. The number of aromatic amines is 1. The van der Waals surface area contributed by atoms with Gasteiger partial charge in [0.05, 0.1) is 12.6 Å². The number of rotatable bonds is 7. The third kappa shape index (κ3) is 4.63. The Bertz CT molecular complexity index is 1350. The number of nitrogens with zero attached hydrogens (tertiary/aromatic N) is 4. The molecule has 0 radical (unpaired) electrons. The van der Waals surface area contributed by atoms with Gasteiger partial charge in [-0.1, -0.05) is 17.3 Å². The minimum Gasteiger partial charge on any atom is -0.358 e. The molecule has 4 aromatic rings. The van der Waals surface area contributed by atoms with Crippen LogP contribution in [0.15, 0.2) is 53.6 Å². The second-order valence-electron chi connectivity index (χ2n) is 8.36. The van der Waals surface area contributed by atoms with Crippen LogP contribution >= 0.6 is 0 Å². The molecular formula is C23H18F4N6O2. The maximum absolute atomic E-state index is 14.7. The number of hydrogen-bond donors (Lipinski definition) is 2. The third-order valence-corrected chi connectivity index (χ3v) is 5.90. The molecule has 3 aromatic heterocycles. The molecule has 1 aromatic carbocycles. The number of halogens is 4. The second-order valence-corrected chi connectivity index (χ2v) is 8.36. The molecule has 2 N–H and O–H groups in total. The number of H-pyrrole nitrogens is 1. The van der Waals surface area contributed by atoms with E-state index in [1.165, 1.54) is 12.1 Å². The van der Waals surface area contributed by atoms with Gasteiger partial charge in [-0.25, -0.2) is 14.4 Å². The molecule has 0 aliphatic heterocycles. The van der Waals surface area contributed by atoms with E-state index in [1.54, 1.807) is 30.9 Å². The first kappa shape index (κ1) is 22.7. The number of aromatic nitrogens is 5. The van der Waals surface area contributed by atoms with Crippen LogP contribution in [0.5, 0.6) is 0 Å². The van der Waals surface area contributed by atoms with Crippen LogP contribution in [0.4, 0.5) is 23.4 Å². The molecule has 3 heterocycles. The van der Waals surface area contributed by atoms with E-state index >= 15 is 0 Å². The van der Waals surface area contributed by atoms with Crippen molar-refractivity contribution < 1.29 is 26.9 Å². The third-order valence-electron chi connectivity index (χ3n) is 5.90. The quantitative estimate of drug-likeness (QED) is 0.376. The van der Waals surface area contributed by atoms with Crippen LogP contribution in [0.25, 0.3) is 11.1 Å². The summed E-state index contributed by atoms with van der Waals surface area (Å²) < 4.78 is 59.1. The zero-order chi connectivity index (χ0) is 24.6. The second kappa shape index (κ2) is 8.60. The van der Waals surface area contributed by atoms with E-state index in [4.69, 9.17) is 4.52 Å². The van der Waals surface area contributed by atoms with Gasteiger partial charge in [0.15, 0.2) is 11.6 Å². The molecule has 0 bridgehead atoms. The predicted molar refractivity (Wildman–Crippen MR) is 115 cm³/mol. The molecule has 1 aliphatic carbocycles. The molecule has 0 spiro atoms. The Kier molecular flexibility index (Phi) is 5.58. The number of nitrogens with one attached hydrogen (secondary N) is 2. The number of anilines is 1. The molecule has 180 valence electrons. The van der Waals surface area contributed by atoms with Gasteiger partial charge in [0.25, 0.3) is 0 Å². The van der Waals surface area contributed by atoms with E-state index in [1.807, 2.05) is 0 Å². The van der Waals surface area contributed by atoms with Crippen molar-refractivity contribution in [2.75, 3.05) is 5.32 Å². The zero-order valence-corrected chi connectivity index (χ0v) is 18.1. The van der Waals surface area contributed by atoms with E-state index in [0.29, 0.717) is 23.4 Å². The van der Waals surface area contributed by atoms with E-state index in [2.05, 4.69) is 30.6 Å². The van der Waals surface area contributed by atoms with Crippen LogP contribution in [-0.2, 0) is 23.1 Å². The molecule has 1 amide bonds. The number of alkyl halides is 3. The molecule has 1 fully saturated rings. The molecule has 1 saturated carbocycles. The number of amides is 1. The molecule has 8 nitrogen and oxygen atoms in total. The highest BCUT2D eigenvalue weighted by molar-refractivity contribution is 5.91. The Balaban J connectivity index is 1.22. The summed E-state index contributed by atoms with van der Waals surface area (Å²) in [5.74, 6) is -1.16. The number of carbonyl (C=O) groups excluding carboxylic acids is 1. The van der Waals surface area contributed by atoms with E-state index in [-0.39, 0.29) is 36.4 Å². The summed E-state index contributed by atoms with van der Waals surface area (Å²) in [5.41, 5.74) is 0.141. The SMILES string of the molecule is O=C(Cc1ccc(-c2cnc(Cc3cn[nH]c3)nc2)cc1F)Nc1cc(C2(C(F)(F)F)CC2)on1. The van der Waals surface area contributed by atoms with Crippen molar-refractivity contribution in [1.82, 2.24) is 25.3 Å². The van der Waals surface area contributed by atoms with Crippen molar-refractivity contribution in [1.29, 1.82) is 0 Å². The standard InChI is InChI=1S/C23H18F4N6O2/c24-17-6-14(16-11-28-19(29-12-16)5-13-9-30-31-10-13)1-2-15(17)7-21(34)32-20-8-18(35-33-20)22(3-4-22)23(25,26)27/h1-2,6,8-12H,3-5,7H2,(H,30,31)(H,32,33,34). The Hall–Kier alpha value is -4.09. The van der Waals surface area contributed by atoms with Crippen molar-refractivity contribution in [2.45, 2.75) is 37.3 Å². The minimum atomic E-state index is -4.45. The average molecular weight is 486 g/mol. The van der Waals surface area contributed by atoms with Crippen LogP contribution in [0.2, 0.25) is 0 Å². The molecule has 0 atom stereocenters. The van der Waals surface area contributed by atoms with Crippen molar-refractivity contribution >= 4 is 11.7 Å². The number of carbonyl (C=O) groups is 1. The van der Waals surface area contributed by atoms with Gasteiger partial charge in [-0.3, -0.25) is 9.89 Å². The lowest BCUT2D eigenvalue weighted by Gasteiger charge is -2.14. The molecule has 1 aliphatic rings. The molecule has 5 rings (SSSR count). The highest BCUT2D eigenvalue weighted by Gasteiger charge is 2.66. The fraction of sp³-hybridized carbons (Fsp3) is 0.261. The van der Waals surface area contributed by atoms with E-state index in [0.717, 1.165) is 11.6 Å². The Morgan fingerprint density at radius 3 is 2.51 bits per heavy atom. The normalized spacial score (nSPS) is 14.6. The lowest BCUT2D eigenvalue weighted by molar-refractivity contribution is -0.165. The predicted octanol–water partition coefficient (Wildman–Crippen LogP) is 4.36. The average Bonchev–Trinajstić information content (AvgIpc) is 3.25. The summed E-state index contributed by atoms with van der Waals surface area (Å²) >= 11 is 0. The monoisotopic (exact) mass is 486 g/mol. The lowest BCUT2D eigenvalue weighted by atomic mass is 10.0. The van der Waals surface area contributed by atoms with Crippen molar-refractivity contribution in [2.24, 2.45) is 0 Å². The highest BCUT2D eigenvalue weighted by atomic mass is 19.4. The largest absolute Gasteiger partial charge is 0.401 e. The minimum absolute atomic E-state index is 0.0885. The van der Waals surface area contributed by atoms with Crippen LogP contribution in [0, 0.1) is 5.82 Å². The van der Waals surface area contributed by atoms with Gasteiger partial charge in [0.1, 0.15) is 17.1 Å². The summed E-state index contributed by atoms with van der Waals surface area (Å²) in [6, 6.07) is 5.43. The first-order chi connectivity index (χ1) is 16.7. The molecule has 12 heteroatoms. The van der Waals surface area contributed by atoms with E-state index in [9.17, 15) is 22.4 Å². The van der Waals surface area contributed by atoms with Gasteiger partial charge in [-0.05, 0) is 35.6 Å². The fourth-order valence-electron chi connectivity index (χ4n) is 3.74. The summed E-state index contributed by atoms with van der Waals surface area (Å²) in [6.07, 6.45) is 2.12. The zero-order valence-electron chi connectivity index (χ0n) is 18.1. The summed E-state index contributed by atoms with van der Waals surface area (Å²) in [4.78, 5) is 20.9. The maximum Gasteiger partial charge on any atom is 0.401 e. The smallest absolute Gasteiger partial charge is 0.358 e. The van der Waals surface area contributed by atoms with Gasteiger partial charge in [0.2, 0.25) is 5.91 Å². The summed E-state index contributed by atoms with van der Waals surface area (Å²) in [6.45, 7) is 0. The first-order valence-corrected chi connectivity index (χ1v) is 10.6. The Morgan fingerprint density at radius 1 is 1.11 bits per heavy atom. The Morgan fingerprint density at radius 2 is 1.89 bits per heavy atom. The van der Waals surface area contributed by atoms with Crippen LogP contribution in [0.1, 0.15) is 35.6 Å². The molecular weight excluding hydrogens is 468 g/mol. The number of hydrogen-bond acceptors (Lipinski definition) is 6. The fourth-order valence-corrected chi connectivity index (χ4v) is 3.74. The van der Waals surface area contributed by atoms with Gasteiger partial charge >= 0.3 is 6.18 Å². The van der Waals surface area contributed by atoms with Crippen molar-refractivity contribution in [3.05, 3.63) is 77.6 Å². The highest BCUT2D eigenvalue weighted by Crippen LogP contribution is 2.59. The van der Waals surface area contributed by atoms with E-state index < -0.39 is 23.3 Å². The number of benzene rings is 1. The summed E-state index contributed by atoms with van der Waals surface area (Å²) in [5, 5.41) is 12.4. The van der Waals surface area contributed by atoms with Crippen LogP contribution in [-0.4, -0.2) is 37.4 Å².